The molecule has 0 bridgehead atoms. The molecule has 2 rings (SSSR count). The van der Waals surface area contributed by atoms with Crippen molar-refractivity contribution in [3.63, 3.8) is 0 Å². The Labute approximate surface area is 154 Å². The first-order chi connectivity index (χ1) is 12.0. The molecule has 126 valence electrons. The lowest BCUT2D eigenvalue weighted by Gasteiger charge is -2.05. The monoisotopic (exact) mass is 374 g/mol. The highest BCUT2D eigenvalue weighted by Crippen LogP contribution is 2.21. The molecule has 0 radical (unpaired) electrons. The molecule has 0 unspecified atom stereocenters. The molecule has 0 spiro atoms. The van der Waals surface area contributed by atoms with Crippen molar-refractivity contribution in [2.75, 3.05) is 11.9 Å². The summed E-state index contributed by atoms with van der Waals surface area (Å²) >= 11 is 11.8. The Bertz CT molecular complexity index is 856. The second-order valence-corrected chi connectivity index (χ2v) is 5.69. The average Bonchev–Trinajstić information content (AvgIpc) is 2.60. The van der Waals surface area contributed by atoms with Crippen LogP contribution in [0, 0.1) is 11.3 Å². The van der Waals surface area contributed by atoms with E-state index in [2.05, 4.69) is 5.32 Å². The Kier molecular flexibility index (Phi) is 6.58. The fourth-order valence-electron chi connectivity index (χ4n) is 1.80. The van der Waals surface area contributed by atoms with Gasteiger partial charge in [-0.05, 0) is 48.0 Å². The highest BCUT2D eigenvalue weighted by Gasteiger charge is 2.06. The number of amides is 1. The van der Waals surface area contributed by atoms with Crippen LogP contribution in [-0.2, 0) is 14.3 Å². The normalized spacial score (nSPS) is 10.3. The van der Waals surface area contributed by atoms with Gasteiger partial charge in [-0.2, -0.15) is 5.26 Å². The number of carbonyl (C=O) groups excluding carboxylic acids is 2. The zero-order valence-corrected chi connectivity index (χ0v) is 14.3. The minimum atomic E-state index is -0.680. The number of nitrogens with one attached hydrogen (secondary N) is 1. The number of benzene rings is 2. The van der Waals surface area contributed by atoms with Crippen LogP contribution >= 0.6 is 23.2 Å². The number of rotatable bonds is 5. The average molecular weight is 375 g/mol. The molecular formula is C18H12Cl2N2O3. The second kappa shape index (κ2) is 8.88. The molecular weight excluding hydrogens is 363 g/mol. The predicted octanol–water partition coefficient (Wildman–Crippen LogP) is 4.06. The van der Waals surface area contributed by atoms with Crippen LogP contribution in [0.1, 0.15) is 11.1 Å². The van der Waals surface area contributed by atoms with E-state index in [9.17, 15) is 9.59 Å². The summed E-state index contributed by atoms with van der Waals surface area (Å²) in [4.78, 5) is 23.4. The minimum Gasteiger partial charge on any atom is -0.452 e. The maximum Gasteiger partial charge on any atom is 0.331 e. The molecule has 0 aliphatic carbocycles. The number of carbonyl (C=O) groups is 2. The summed E-state index contributed by atoms with van der Waals surface area (Å²) < 4.78 is 4.85. The van der Waals surface area contributed by atoms with Crippen LogP contribution < -0.4 is 5.32 Å². The van der Waals surface area contributed by atoms with Crippen molar-refractivity contribution in [1.82, 2.24) is 0 Å². The number of halogens is 2. The molecule has 2 aromatic rings. The van der Waals surface area contributed by atoms with E-state index in [0.29, 0.717) is 26.9 Å². The van der Waals surface area contributed by atoms with E-state index in [1.54, 1.807) is 42.5 Å². The molecule has 0 saturated heterocycles. The van der Waals surface area contributed by atoms with E-state index in [4.69, 9.17) is 33.2 Å². The summed E-state index contributed by atoms with van der Waals surface area (Å²) in [5, 5.41) is 12.1. The number of hydrogen-bond acceptors (Lipinski definition) is 4. The molecule has 5 nitrogen and oxygen atoms in total. The molecule has 0 aromatic heterocycles. The zero-order chi connectivity index (χ0) is 18.2. The van der Waals surface area contributed by atoms with Crippen LogP contribution in [0.4, 0.5) is 5.69 Å². The lowest BCUT2D eigenvalue weighted by molar-refractivity contribution is -0.142. The number of anilines is 1. The van der Waals surface area contributed by atoms with Gasteiger partial charge in [0.25, 0.3) is 5.91 Å². The van der Waals surface area contributed by atoms with Crippen LogP contribution in [0.25, 0.3) is 6.08 Å². The van der Waals surface area contributed by atoms with Crippen LogP contribution in [0.5, 0.6) is 0 Å². The maximum atomic E-state index is 11.7. The van der Waals surface area contributed by atoms with Crippen LogP contribution in [-0.4, -0.2) is 18.5 Å². The largest absolute Gasteiger partial charge is 0.452 e. The van der Waals surface area contributed by atoms with Crippen LogP contribution in [0.3, 0.4) is 0 Å². The van der Waals surface area contributed by atoms with E-state index in [1.807, 2.05) is 6.07 Å². The van der Waals surface area contributed by atoms with E-state index in [1.165, 1.54) is 12.2 Å². The quantitative estimate of drug-likeness (QED) is 0.631. The third-order valence-corrected chi connectivity index (χ3v) is 3.57. The van der Waals surface area contributed by atoms with Crippen LogP contribution in [0.15, 0.2) is 48.5 Å². The molecule has 7 heteroatoms. The second-order valence-electron chi connectivity index (χ2n) is 4.84. The first-order valence-electron chi connectivity index (χ1n) is 7.08. The van der Waals surface area contributed by atoms with Crippen molar-refractivity contribution in [1.29, 1.82) is 5.26 Å². The number of ether oxygens (including phenoxy) is 1. The molecule has 25 heavy (non-hydrogen) atoms. The lowest BCUT2D eigenvalue weighted by Crippen LogP contribution is -2.20. The van der Waals surface area contributed by atoms with Gasteiger partial charge in [-0.25, -0.2) is 4.79 Å². The van der Waals surface area contributed by atoms with Crippen molar-refractivity contribution in [2.45, 2.75) is 0 Å². The molecule has 2 aromatic carbocycles. The summed E-state index contributed by atoms with van der Waals surface area (Å²) in [6.45, 7) is -0.433. The summed E-state index contributed by atoms with van der Waals surface area (Å²) in [6, 6.07) is 13.1. The topological polar surface area (TPSA) is 79.2 Å². The molecule has 0 heterocycles. The Morgan fingerprint density at radius 1 is 1.16 bits per heavy atom. The van der Waals surface area contributed by atoms with Crippen molar-refractivity contribution in [3.8, 4) is 6.07 Å². The number of nitriles is 1. The van der Waals surface area contributed by atoms with Crippen molar-refractivity contribution in [2.24, 2.45) is 0 Å². The zero-order valence-electron chi connectivity index (χ0n) is 12.8. The minimum absolute atomic E-state index is 0.398. The van der Waals surface area contributed by atoms with Gasteiger partial charge >= 0.3 is 5.97 Å². The Morgan fingerprint density at radius 3 is 2.52 bits per heavy atom. The molecule has 0 saturated carbocycles. The summed E-state index contributed by atoms with van der Waals surface area (Å²) in [7, 11) is 0. The first kappa shape index (κ1) is 18.5. The van der Waals surface area contributed by atoms with E-state index in [-0.39, 0.29) is 0 Å². The number of esters is 1. The summed E-state index contributed by atoms with van der Waals surface area (Å²) in [5.74, 6) is -1.17. The van der Waals surface area contributed by atoms with Gasteiger partial charge in [0.1, 0.15) is 0 Å². The van der Waals surface area contributed by atoms with Gasteiger partial charge in [0.15, 0.2) is 6.61 Å². The van der Waals surface area contributed by atoms with Crippen molar-refractivity contribution >= 4 is 46.8 Å². The highest BCUT2D eigenvalue weighted by molar-refractivity contribution is 6.35. The van der Waals surface area contributed by atoms with Crippen molar-refractivity contribution < 1.29 is 14.3 Å². The Morgan fingerprint density at radius 2 is 1.88 bits per heavy atom. The van der Waals surface area contributed by atoms with Gasteiger partial charge in [-0.3, -0.25) is 4.79 Å². The number of nitrogens with zero attached hydrogens (tertiary/aromatic N) is 1. The lowest BCUT2D eigenvalue weighted by atomic mass is 10.2. The Balaban J connectivity index is 1.83. The molecule has 0 aliphatic rings. The molecule has 0 aliphatic heterocycles. The van der Waals surface area contributed by atoms with Gasteiger partial charge in [0.05, 0.1) is 11.6 Å². The van der Waals surface area contributed by atoms with Gasteiger partial charge < -0.3 is 10.1 Å². The SMILES string of the molecule is N#Cc1ccc(NC(=O)COC(=O)/C=C/c2ccc(Cl)cc2Cl)cc1. The van der Waals surface area contributed by atoms with E-state index in [0.717, 1.165) is 0 Å². The van der Waals surface area contributed by atoms with Crippen LogP contribution in [0.2, 0.25) is 10.0 Å². The molecule has 1 amide bonds. The van der Waals surface area contributed by atoms with E-state index < -0.39 is 18.5 Å². The third-order valence-electron chi connectivity index (χ3n) is 3.00. The molecule has 1 N–H and O–H groups in total. The highest BCUT2D eigenvalue weighted by atomic mass is 35.5. The summed E-state index contributed by atoms with van der Waals surface area (Å²) in [5.41, 5.74) is 1.59. The third kappa shape index (κ3) is 5.96. The first-order valence-corrected chi connectivity index (χ1v) is 7.83. The molecule has 0 atom stereocenters. The van der Waals surface area contributed by atoms with Gasteiger partial charge in [0.2, 0.25) is 0 Å². The van der Waals surface area contributed by atoms with Gasteiger partial charge in [-0.1, -0.05) is 29.3 Å². The standard InChI is InChI=1S/C18H12Cl2N2O3/c19-14-5-3-13(16(20)9-14)4-8-18(24)25-11-17(23)22-15-6-1-12(10-21)2-7-15/h1-9H,11H2,(H,22,23)/b8-4+. The summed E-state index contributed by atoms with van der Waals surface area (Å²) in [6.07, 6.45) is 2.64. The molecule has 0 fully saturated rings. The number of hydrogen-bond donors (Lipinski definition) is 1. The maximum absolute atomic E-state index is 11.7. The Hall–Kier alpha value is -2.81. The smallest absolute Gasteiger partial charge is 0.331 e. The van der Waals surface area contributed by atoms with Crippen molar-refractivity contribution in [3.05, 3.63) is 69.7 Å². The van der Waals surface area contributed by atoms with Gasteiger partial charge in [-0.15, -0.1) is 0 Å². The van der Waals surface area contributed by atoms with Gasteiger partial charge in [0, 0.05) is 21.8 Å². The fraction of sp³-hybridized carbons (Fsp3) is 0.0556. The van der Waals surface area contributed by atoms with E-state index >= 15 is 0 Å². The predicted molar refractivity (Wildman–Crippen MR) is 96.2 cm³/mol. The fourth-order valence-corrected chi connectivity index (χ4v) is 2.28.